The van der Waals surface area contributed by atoms with Gasteiger partial charge in [0.05, 0.1) is 5.56 Å². The molecule has 140 valence electrons. The molecule has 0 radical (unpaired) electrons. The molecule has 4 aromatic rings. The van der Waals surface area contributed by atoms with Gasteiger partial charge in [0.25, 0.3) is 5.91 Å². The molecule has 7 nitrogen and oxygen atoms in total. The molecular weight excluding hydrogens is 354 g/mol. The van der Waals surface area contributed by atoms with Gasteiger partial charge < -0.3 is 15.6 Å². The Morgan fingerprint density at radius 2 is 1.82 bits per heavy atom. The zero-order valence-electron chi connectivity index (χ0n) is 15.3. The minimum absolute atomic E-state index is 0.0356. The van der Waals surface area contributed by atoms with Gasteiger partial charge in [-0.15, -0.1) is 0 Å². The average Bonchev–Trinajstić information content (AvgIpc) is 3.23. The van der Waals surface area contributed by atoms with Crippen molar-refractivity contribution in [2.24, 2.45) is 5.73 Å². The van der Waals surface area contributed by atoms with Crippen LogP contribution in [0.25, 0.3) is 22.0 Å². The van der Waals surface area contributed by atoms with Crippen molar-refractivity contribution in [2.45, 2.75) is 13.5 Å². The smallest absolute Gasteiger partial charge is 0.250 e. The number of carbonyl (C=O) groups is 2. The monoisotopic (exact) mass is 373 g/mol. The molecule has 0 bridgehead atoms. The molecule has 2 aromatic carbocycles. The zero-order chi connectivity index (χ0) is 19.7. The van der Waals surface area contributed by atoms with Gasteiger partial charge in [-0.1, -0.05) is 48.5 Å². The summed E-state index contributed by atoms with van der Waals surface area (Å²) < 4.78 is 1.71. The lowest BCUT2D eigenvalue weighted by Crippen LogP contribution is -2.19. The van der Waals surface area contributed by atoms with Gasteiger partial charge in [-0.05, 0) is 18.6 Å². The molecule has 0 saturated carbocycles. The summed E-state index contributed by atoms with van der Waals surface area (Å²) in [6.45, 7) is 1.94. The van der Waals surface area contributed by atoms with Gasteiger partial charge in [0.15, 0.2) is 5.82 Å². The second-order valence-corrected chi connectivity index (χ2v) is 6.54. The number of carbonyl (C=O) groups excluding carboxylic acids is 2. The Kier molecular flexibility index (Phi) is 4.41. The maximum Gasteiger partial charge on any atom is 0.250 e. The normalized spacial score (nSPS) is 10.9. The number of nitrogens with two attached hydrogens (primary N) is 1. The predicted molar refractivity (Wildman–Crippen MR) is 108 cm³/mol. The second-order valence-electron chi connectivity index (χ2n) is 6.54. The van der Waals surface area contributed by atoms with Crippen LogP contribution in [0.1, 0.15) is 16.1 Å². The average molecular weight is 373 g/mol. The number of anilines is 1. The third-order valence-electron chi connectivity index (χ3n) is 4.64. The molecule has 0 fully saturated rings. The van der Waals surface area contributed by atoms with Crippen LogP contribution in [0.2, 0.25) is 0 Å². The van der Waals surface area contributed by atoms with Crippen LogP contribution >= 0.6 is 0 Å². The van der Waals surface area contributed by atoms with Gasteiger partial charge in [-0.2, -0.15) is 5.10 Å². The van der Waals surface area contributed by atoms with Gasteiger partial charge in [-0.25, -0.2) is 0 Å². The minimum Gasteiger partial charge on any atom is -0.366 e. The standard InChI is InChI=1S/C21H19N5O2/c1-13-19(14-7-3-2-4-8-14)21(25-24-13)23-18(27)12-26-11-16(20(22)28)15-9-5-6-10-17(15)26/h2-11H,12H2,1H3,(H2,22,28)(H2,23,24,25,27). The van der Waals surface area contributed by atoms with Crippen molar-refractivity contribution in [3.8, 4) is 11.1 Å². The highest BCUT2D eigenvalue weighted by Crippen LogP contribution is 2.29. The van der Waals surface area contributed by atoms with Gasteiger partial charge in [-0.3, -0.25) is 14.7 Å². The highest BCUT2D eigenvalue weighted by molar-refractivity contribution is 6.06. The Morgan fingerprint density at radius 3 is 2.57 bits per heavy atom. The van der Waals surface area contributed by atoms with Crippen LogP contribution in [-0.4, -0.2) is 26.6 Å². The van der Waals surface area contributed by atoms with E-state index in [1.54, 1.807) is 10.8 Å². The zero-order valence-corrected chi connectivity index (χ0v) is 15.3. The topological polar surface area (TPSA) is 106 Å². The summed E-state index contributed by atoms with van der Waals surface area (Å²) in [6.07, 6.45) is 1.61. The molecule has 4 N–H and O–H groups in total. The Balaban J connectivity index is 1.62. The summed E-state index contributed by atoms with van der Waals surface area (Å²) in [5, 5.41) is 10.7. The Hall–Kier alpha value is -3.87. The number of hydrogen-bond acceptors (Lipinski definition) is 3. The molecule has 4 rings (SSSR count). The first kappa shape index (κ1) is 17.5. The van der Waals surface area contributed by atoms with E-state index in [1.807, 2.05) is 61.5 Å². The van der Waals surface area contributed by atoms with E-state index in [4.69, 9.17) is 5.73 Å². The van der Waals surface area contributed by atoms with Crippen molar-refractivity contribution in [2.75, 3.05) is 5.32 Å². The third-order valence-corrected chi connectivity index (χ3v) is 4.64. The van der Waals surface area contributed by atoms with Crippen molar-refractivity contribution in [1.29, 1.82) is 0 Å². The fourth-order valence-corrected chi connectivity index (χ4v) is 3.38. The van der Waals surface area contributed by atoms with Crippen LogP contribution in [0.3, 0.4) is 0 Å². The quantitative estimate of drug-likeness (QED) is 0.500. The number of primary amides is 1. The first-order chi connectivity index (χ1) is 13.5. The van der Waals surface area contributed by atoms with Crippen LogP contribution < -0.4 is 11.1 Å². The van der Waals surface area contributed by atoms with Gasteiger partial charge in [0.1, 0.15) is 6.54 Å². The number of hydrogen-bond donors (Lipinski definition) is 3. The van der Waals surface area contributed by atoms with E-state index in [1.165, 1.54) is 0 Å². The number of aromatic amines is 1. The summed E-state index contributed by atoms with van der Waals surface area (Å²) in [6, 6.07) is 17.1. The molecule has 7 heteroatoms. The Bertz CT molecular complexity index is 1170. The lowest BCUT2D eigenvalue weighted by Gasteiger charge is -2.08. The molecule has 0 unspecified atom stereocenters. The van der Waals surface area contributed by atoms with E-state index in [9.17, 15) is 9.59 Å². The van der Waals surface area contributed by atoms with E-state index in [0.717, 1.165) is 27.7 Å². The van der Waals surface area contributed by atoms with Crippen molar-refractivity contribution >= 4 is 28.5 Å². The number of para-hydroxylation sites is 1. The largest absolute Gasteiger partial charge is 0.366 e. The number of fused-ring (bicyclic) bond motifs is 1. The molecule has 0 aliphatic rings. The number of H-pyrrole nitrogens is 1. The molecule has 2 heterocycles. The lowest BCUT2D eigenvalue weighted by atomic mass is 10.1. The third kappa shape index (κ3) is 3.14. The van der Waals surface area contributed by atoms with Crippen LogP contribution in [-0.2, 0) is 11.3 Å². The maximum absolute atomic E-state index is 12.7. The summed E-state index contributed by atoms with van der Waals surface area (Å²) >= 11 is 0. The SMILES string of the molecule is Cc1[nH]nc(NC(=O)Cn2cc(C(N)=O)c3ccccc32)c1-c1ccccc1. The van der Waals surface area contributed by atoms with Gasteiger partial charge in [0.2, 0.25) is 5.91 Å². The number of rotatable bonds is 5. The summed E-state index contributed by atoms with van der Waals surface area (Å²) in [5.74, 6) is -0.301. The molecule has 28 heavy (non-hydrogen) atoms. The van der Waals surface area contributed by atoms with Crippen LogP contribution in [0.15, 0.2) is 60.8 Å². The first-order valence-corrected chi connectivity index (χ1v) is 8.82. The van der Waals surface area contributed by atoms with E-state index >= 15 is 0 Å². The molecule has 0 spiro atoms. The molecule has 0 saturated heterocycles. The highest BCUT2D eigenvalue weighted by atomic mass is 16.2. The fraction of sp³-hybridized carbons (Fsp3) is 0.0952. The summed E-state index contributed by atoms with van der Waals surface area (Å²) in [7, 11) is 0. The van der Waals surface area contributed by atoms with Crippen LogP contribution in [0.5, 0.6) is 0 Å². The minimum atomic E-state index is -0.523. The van der Waals surface area contributed by atoms with E-state index < -0.39 is 5.91 Å². The number of nitrogens with one attached hydrogen (secondary N) is 2. The van der Waals surface area contributed by atoms with Gasteiger partial charge >= 0.3 is 0 Å². The van der Waals surface area contributed by atoms with E-state index in [-0.39, 0.29) is 12.5 Å². The summed E-state index contributed by atoms with van der Waals surface area (Å²) in [4.78, 5) is 24.4. The number of nitrogens with zero attached hydrogens (tertiary/aromatic N) is 2. The molecule has 0 aliphatic carbocycles. The van der Waals surface area contributed by atoms with Crippen molar-refractivity contribution in [1.82, 2.24) is 14.8 Å². The van der Waals surface area contributed by atoms with Crippen molar-refractivity contribution in [3.63, 3.8) is 0 Å². The molecule has 2 amide bonds. The summed E-state index contributed by atoms with van der Waals surface area (Å²) in [5.41, 5.74) is 9.31. The fourth-order valence-electron chi connectivity index (χ4n) is 3.38. The number of benzene rings is 2. The number of aryl methyl sites for hydroxylation is 1. The maximum atomic E-state index is 12.7. The van der Waals surface area contributed by atoms with Crippen molar-refractivity contribution < 1.29 is 9.59 Å². The van der Waals surface area contributed by atoms with Gasteiger partial charge in [0, 0.05) is 28.4 Å². The highest BCUT2D eigenvalue weighted by Gasteiger charge is 2.17. The Morgan fingerprint density at radius 1 is 1.11 bits per heavy atom. The lowest BCUT2D eigenvalue weighted by molar-refractivity contribution is -0.116. The Labute approximate surface area is 161 Å². The van der Waals surface area contributed by atoms with Crippen LogP contribution in [0, 0.1) is 6.92 Å². The predicted octanol–water partition coefficient (Wildman–Crippen LogP) is 3.08. The van der Waals surface area contributed by atoms with Crippen LogP contribution in [0.4, 0.5) is 5.82 Å². The number of aromatic nitrogens is 3. The first-order valence-electron chi connectivity index (χ1n) is 8.82. The van der Waals surface area contributed by atoms with E-state index in [2.05, 4.69) is 15.5 Å². The number of amides is 2. The second kappa shape index (κ2) is 7.03. The molecule has 2 aromatic heterocycles. The molecule has 0 atom stereocenters. The molecular formula is C21H19N5O2. The van der Waals surface area contributed by atoms with Crippen molar-refractivity contribution in [3.05, 3.63) is 72.1 Å². The molecule has 0 aliphatic heterocycles. The van der Waals surface area contributed by atoms with E-state index in [0.29, 0.717) is 11.4 Å².